The van der Waals surface area contributed by atoms with E-state index in [1.54, 1.807) is 32.5 Å². The number of carboxylic acids is 1. The van der Waals surface area contributed by atoms with Crippen LogP contribution in [-0.2, 0) is 11.2 Å². The number of hydrogen-bond donors (Lipinski definition) is 1. The molecule has 1 heterocycles. The average Bonchev–Trinajstić information content (AvgIpc) is 2.18. The zero-order valence-electron chi connectivity index (χ0n) is 8.23. The summed E-state index contributed by atoms with van der Waals surface area (Å²) in [4.78, 5) is 14.6. The molecule has 0 aromatic carbocycles. The van der Waals surface area contributed by atoms with Crippen LogP contribution in [0, 0.1) is 5.92 Å². The number of pyridine rings is 1. The van der Waals surface area contributed by atoms with Gasteiger partial charge >= 0.3 is 5.97 Å². The van der Waals surface area contributed by atoms with Crippen LogP contribution in [-0.4, -0.2) is 23.2 Å². The zero-order chi connectivity index (χ0) is 10.6. The summed E-state index contributed by atoms with van der Waals surface area (Å²) in [6.45, 7) is 1.67. The van der Waals surface area contributed by atoms with E-state index in [2.05, 4.69) is 4.98 Å². The monoisotopic (exact) mass is 195 g/mol. The highest BCUT2D eigenvalue weighted by atomic mass is 16.5. The number of carboxylic acid groups (broad SMARTS) is 1. The first-order valence-electron chi connectivity index (χ1n) is 4.34. The van der Waals surface area contributed by atoms with Gasteiger partial charge in [-0.3, -0.25) is 9.78 Å². The number of methoxy groups -OCH3 is 1. The SMILES string of the molecule is COc1cncc(CC(C)C(=O)O)c1. The number of hydrogen-bond acceptors (Lipinski definition) is 3. The summed E-state index contributed by atoms with van der Waals surface area (Å²) in [7, 11) is 1.56. The van der Waals surface area contributed by atoms with E-state index in [9.17, 15) is 4.79 Å². The summed E-state index contributed by atoms with van der Waals surface area (Å²) in [6, 6.07) is 1.80. The predicted octanol–water partition coefficient (Wildman–Crippen LogP) is 1.35. The Labute approximate surface area is 82.5 Å². The molecule has 0 saturated carbocycles. The summed E-state index contributed by atoms with van der Waals surface area (Å²) >= 11 is 0. The lowest BCUT2D eigenvalue weighted by molar-refractivity contribution is -0.141. The summed E-state index contributed by atoms with van der Waals surface area (Å²) < 4.78 is 4.99. The number of aromatic nitrogens is 1. The van der Waals surface area contributed by atoms with Gasteiger partial charge in [-0.15, -0.1) is 0 Å². The van der Waals surface area contributed by atoms with Crippen LogP contribution >= 0.6 is 0 Å². The van der Waals surface area contributed by atoms with Gasteiger partial charge < -0.3 is 9.84 Å². The molecule has 0 radical (unpaired) electrons. The van der Waals surface area contributed by atoms with Crippen molar-refractivity contribution < 1.29 is 14.6 Å². The van der Waals surface area contributed by atoms with E-state index in [1.807, 2.05) is 0 Å². The first kappa shape index (κ1) is 10.5. The highest BCUT2D eigenvalue weighted by molar-refractivity contribution is 5.69. The van der Waals surface area contributed by atoms with Crippen LogP contribution in [0.3, 0.4) is 0 Å². The van der Waals surface area contributed by atoms with Crippen molar-refractivity contribution in [3.8, 4) is 5.75 Å². The smallest absolute Gasteiger partial charge is 0.306 e. The molecule has 0 amide bonds. The van der Waals surface area contributed by atoms with Crippen molar-refractivity contribution in [3.05, 3.63) is 24.0 Å². The molecule has 1 rings (SSSR count). The molecule has 1 N–H and O–H groups in total. The Morgan fingerprint density at radius 3 is 2.93 bits per heavy atom. The molecule has 0 aliphatic rings. The molecule has 76 valence electrons. The third-order valence-electron chi connectivity index (χ3n) is 1.97. The second-order valence-electron chi connectivity index (χ2n) is 3.18. The van der Waals surface area contributed by atoms with Gasteiger partial charge in [-0.2, -0.15) is 0 Å². The predicted molar refractivity (Wildman–Crippen MR) is 51.3 cm³/mol. The lowest BCUT2D eigenvalue weighted by atomic mass is 10.0. The summed E-state index contributed by atoms with van der Waals surface area (Å²) in [6.07, 6.45) is 3.72. The molecular weight excluding hydrogens is 182 g/mol. The van der Waals surface area contributed by atoms with Gasteiger partial charge in [0.05, 0.1) is 19.2 Å². The number of rotatable bonds is 4. The standard InChI is InChI=1S/C10H13NO3/c1-7(10(12)13)3-8-4-9(14-2)6-11-5-8/h4-7H,3H2,1-2H3,(H,12,13). The van der Waals surface area contributed by atoms with Gasteiger partial charge in [0.2, 0.25) is 0 Å². The molecule has 1 aromatic rings. The maximum Gasteiger partial charge on any atom is 0.306 e. The molecule has 1 unspecified atom stereocenters. The Morgan fingerprint density at radius 2 is 2.36 bits per heavy atom. The Hall–Kier alpha value is -1.58. The van der Waals surface area contributed by atoms with Crippen molar-refractivity contribution in [2.24, 2.45) is 5.92 Å². The van der Waals surface area contributed by atoms with E-state index in [4.69, 9.17) is 9.84 Å². The van der Waals surface area contributed by atoms with Crippen molar-refractivity contribution in [1.29, 1.82) is 0 Å². The Morgan fingerprint density at radius 1 is 1.64 bits per heavy atom. The Balaban J connectivity index is 2.71. The van der Waals surface area contributed by atoms with Gasteiger partial charge in [-0.1, -0.05) is 6.92 Å². The minimum atomic E-state index is -0.798. The second kappa shape index (κ2) is 4.60. The summed E-state index contributed by atoms with van der Waals surface area (Å²) in [5.74, 6) is -0.545. The molecule has 0 aliphatic heterocycles. The molecule has 1 aromatic heterocycles. The van der Waals surface area contributed by atoms with Crippen LogP contribution in [0.15, 0.2) is 18.5 Å². The molecule has 0 spiro atoms. The minimum Gasteiger partial charge on any atom is -0.495 e. The average molecular weight is 195 g/mol. The number of aliphatic carboxylic acids is 1. The maximum atomic E-state index is 10.6. The first-order valence-corrected chi connectivity index (χ1v) is 4.34. The van der Waals surface area contributed by atoms with E-state index < -0.39 is 11.9 Å². The van der Waals surface area contributed by atoms with E-state index in [-0.39, 0.29) is 0 Å². The van der Waals surface area contributed by atoms with Crippen molar-refractivity contribution in [1.82, 2.24) is 4.98 Å². The molecule has 0 aliphatic carbocycles. The first-order chi connectivity index (χ1) is 6.63. The van der Waals surface area contributed by atoms with Crippen LogP contribution in [0.5, 0.6) is 5.75 Å². The maximum absolute atomic E-state index is 10.6. The van der Waals surface area contributed by atoms with E-state index >= 15 is 0 Å². The highest BCUT2D eigenvalue weighted by Crippen LogP contribution is 2.14. The Bertz CT molecular complexity index is 325. The van der Waals surface area contributed by atoms with Crippen molar-refractivity contribution >= 4 is 5.97 Å². The van der Waals surface area contributed by atoms with Gasteiger partial charge in [0, 0.05) is 6.20 Å². The molecule has 0 fully saturated rings. The normalized spacial score (nSPS) is 12.1. The van der Waals surface area contributed by atoms with Crippen LogP contribution < -0.4 is 4.74 Å². The largest absolute Gasteiger partial charge is 0.495 e. The number of ether oxygens (including phenoxy) is 1. The van der Waals surface area contributed by atoms with E-state index in [0.717, 1.165) is 5.56 Å². The number of carbonyl (C=O) groups is 1. The molecular formula is C10H13NO3. The van der Waals surface area contributed by atoms with Crippen LogP contribution in [0.2, 0.25) is 0 Å². The van der Waals surface area contributed by atoms with E-state index in [0.29, 0.717) is 12.2 Å². The Kier molecular flexibility index (Phi) is 3.45. The fraction of sp³-hybridized carbons (Fsp3) is 0.400. The fourth-order valence-electron chi connectivity index (χ4n) is 1.13. The van der Waals surface area contributed by atoms with Crippen molar-refractivity contribution in [3.63, 3.8) is 0 Å². The summed E-state index contributed by atoms with van der Waals surface area (Å²) in [5.41, 5.74) is 0.874. The van der Waals surface area contributed by atoms with Crippen LogP contribution in [0.4, 0.5) is 0 Å². The number of nitrogens with zero attached hydrogens (tertiary/aromatic N) is 1. The molecule has 0 bridgehead atoms. The van der Waals surface area contributed by atoms with Crippen LogP contribution in [0.25, 0.3) is 0 Å². The van der Waals surface area contributed by atoms with Gasteiger partial charge in [-0.05, 0) is 18.1 Å². The topological polar surface area (TPSA) is 59.4 Å². The molecule has 0 saturated heterocycles. The molecule has 4 nitrogen and oxygen atoms in total. The van der Waals surface area contributed by atoms with Crippen molar-refractivity contribution in [2.45, 2.75) is 13.3 Å². The van der Waals surface area contributed by atoms with Gasteiger partial charge in [0.15, 0.2) is 0 Å². The lowest BCUT2D eigenvalue weighted by Gasteiger charge is -2.06. The van der Waals surface area contributed by atoms with Crippen LogP contribution in [0.1, 0.15) is 12.5 Å². The quantitative estimate of drug-likeness (QED) is 0.787. The molecule has 1 atom stereocenters. The van der Waals surface area contributed by atoms with Gasteiger partial charge in [0.25, 0.3) is 0 Å². The molecule has 14 heavy (non-hydrogen) atoms. The highest BCUT2D eigenvalue weighted by Gasteiger charge is 2.11. The summed E-state index contributed by atoms with van der Waals surface area (Å²) in [5, 5.41) is 8.72. The van der Waals surface area contributed by atoms with Gasteiger partial charge in [0.1, 0.15) is 5.75 Å². The third kappa shape index (κ3) is 2.73. The van der Waals surface area contributed by atoms with Crippen molar-refractivity contribution in [2.75, 3.05) is 7.11 Å². The van der Waals surface area contributed by atoms with E-state index in [1.165, 1.54) is 0 Å². The minimum absolute atomic E-state index is 0.399. The second-order valence-corrected chi connectivity index (χ2v) is 3.18. The zero-order valence-corrected chi connectivity index (χ0v) is 8.23. The molecule has 4 heteroatoms. The lowest BCUT2D eigenvalue weighted by Crippen LogP contribution is -2.12. The van der Waals surface area contributed by atoms with Gasteiger partial charge in [-0.25, -0.2) is 0 Å². The fourth-order valence-corrected chi connectivity index (χ4v) is 1.13. The third-order valence-corrected chi connectivity index (χ3v) is 1.97.